The molecule has 1 fully saturated rings. The maximum Gasteiger partial charge on any atom is 0.128 e. The van der Waals surface area contributed by atoms with Gasteiger partial charge >= 0.3 is 0 Å². The highest BCUT2D eigenvalue weighted by atomic mass is 35.5. The number of nitrogens with zero attached hydrogens (tertiary/aromatic N) is 4. The van der Waals surface area contributed by atoms with Gasteiger partial charge in [0.15, 0.2) is 0 Å². The molecule has 4 nitrogen and oxygen atoms in total. The molecule has 1 aromatic carbocycles. The second kappa shape index (κ2) is 6.43. The Labute approximate surface area is 139 Å². The van der Waals surface area contributed by atoms with Crippen LogP contribution in [0.5, 0.6) is 0 Å². The average molecular weight is 333 g/mol. The minimum Gasteiger partial charge on any atom is -0.367 e. The lowest BCUT2D eigenvalue weighted by Crippen LogP contribution is -2.46. The Hall–Kier alpha value is -1.96. The minimum absolute atomic E-state index is 0.579. The van der Waals surface area contributed by atoms with E-state index in [-0.39, 0.29) is 0 Å². The van der Waals surface area contributed by atoms with Gasteiger partial charge in [-0.25, -0.2) is 4.98 Å². The van der Waals surface area contributed by atoms with E-state index in [1.54, 1.807) is 18.3 Å². The number of pyridine rings is 1. The van der Waals surface area contributed by atoms with Crippen molar-refractivity contribution in [2.75, 3.05) is 36.0 Å². The van der Waals surface area contributed by atoms with E-state index in [1.807, 2.05) is 18.2 Å². The van der Waals surface area contributed by atoms with Crippen molar-refractivity contribution in [3.63, 3.8) is 0 Å². The summed E-state index contributed by atoms with van der Waals surface area (Å²) in [4.78, 5) is 8.80. The van der Waals surface area contributed by atoms with Gasteiger partial charge < -0.3 is 9.80 Å². The van der Waals surface area contributed by atoms with Gasteiger partial charge in [-0.15, -0.1) is 0 Å². The highest BCUT2D eigenvalue weighted by molar-refractivity contribution is 6.36. The van der Waals surface area contributed by atoms with Gasteiger partial charge in [0.1, 0.15) is 11.9 Å². The Bertz CT molecular complexity index is 701. The summed E-state index contributed by atoms with van der Waals surface area (Å²) in [5, 5.41) is 10.1. The van der Waals surface area contributed by atoms with Crippen LogP contribution in [0, 0.1) is 11.3 Å². The molecule has 1 aromatic heterocycles. The van der Waals surface area contributed by atoms with Gasteiger partial charge in [0.2, 0.25) is 0 Å². The van der Waals surface area contributed by atoms with E-state index in [9.17, 15) is 0 Å². The van der Waals surface area contributed by atoms with Crippen LogP contribution >= 0.6 is 23.2 Å². The smallest absolute Gasteiger partial charge is 0.128 e. The number of piperazine rings is 1. The summed E-state index contributed by atoms with van der Waals surface area (Å²) in [5.74, 6) is 0.904. The Morgan fingerprint density at radius 1 is 1.00 bits per heavy atom. The lowest BCUT2D eigenvalue weighted by molar-refractivity contribution is 0.647. The molecule has 2 heterocycles. The van der Waals surface area contributed by atoms with E-state index >= 15 is 0 Å². The normalized spacial score (nSPS) is 14.8. The summed E-state index contributed by atoms with van der Waals surface area (Å²) in [6.07, 6.45) is 1.61. The lowest BCUT2D eigenvalue weighted by atomic mass is 10.2. The van der Waals surface area contributed by atoms with Gasteiger partial charge in [-0.3, -0.25) is 0 Å². The molecule has 22 heavy (non-hydrogen) atoms. The second-order valence-electron chi connectivity index (χ2n) is 5.09. The number of hydrogen-bond acceptors (Lipinski definition) is 4. The quantitative estimate of drug-likeness (QED) is 0.842. The summed E-state index contributed by atoms with van der Waals surface area (Å²) in [6, 6.07) is 11.4. The van der Waals surface area contributed by atoms with Crippen molar-refractivity contribution in [3.05, 3.63) is 52.1 Å². The van der Waals surface area contributed by atoms with Gasteiger partial charge in [0.05, 0.1) is 16.3 Å². The van der Waals surface area contributed by atoms with Crippen molar-refractivity contribution in [1.82, 2.24) is 4.98 Å². The second-order valence-corrected chi connectivity index (χ2v) is 5.93. The first-order valence-electron chi connectivity index (χ1n) is 6.98. The summed E-state index contributed by atoms with van der Waals surface area (Å²) in [5.41, 5.74) is 1.59. The fourth-order valence-electron chi connectivity index (χ4n) is 2.55. The van der Waals surface area contributed by atoms with Crippen LogP contribution in [0.2, 0.25) is 10.0 Å². The molecule has 0 radical (unpaired) electrons. The van der Waals surface area contributed by atoms with Crippen molar-refractivity contribution in [3.8, 4) is 6.07 Å². The Morgan fingerprint density at radius 2 is 1.73 bits per heavy atom. The number of anilines is 2. The summed E-state index contributed by atoms with van der Waals surface area (Å²) < 4.78 is 0. The molecule has 1 aliphatic rings. The molecular weight excluding hydrogens is 319 g/mol. The predicted molar refractivity (Wildman–Crippen MR) is 89.8 cm³/mol. The highest BCUT2D eigenvalue weighted by Crippen LogP contribution is 2.29. The van der Waals surface area contributed by atoms with Crippen molar-refractivity contribution in [1.29, 1.82) is 5.26 Å². The molecular formula is C16H14Cl2N4. The maximum absolute atomic E-state index is 8.81. The first kappa shape index (κ1) is 15.0. The third-order valence-electron chi connectivity index (χ3n) is 3.73. The topological polar surface area (TPSA) is 43.2 Å². The van der Waals surface area contributed by atoms with Crippen LogP contribution < -0.4 is 9.80 Å². The van der Waals surface area contributed by atoms with Crippen LogP contribution in [0.3, 0.4) is 0 Å². The SMILES string of the molecule is N#Cc1ccc(N2CCN(c3ccc(Cl)cc3Cl)CC2)nc1. The molecule has 0 aliphatic carbocycles. The van der Waals surface area contributed by atoms with Gasteiger partial charge in [-0.1, -0.05) is 23.2 Å². The molecule has 0 spiro atoms. The zero-order valence-corrected chi connectivity index (χ0v) is 13.3. The largest absolute Gasteiger partial charge is 0.367 e. The van der Waals surface area contributed by atoms with E-state index in [2.05, 4.69) is 20.9 Å². The summed E-state index contributed by atoms with van der Waals surface area (Å²) >= 11 is 12.2. The van der Waals surface area contributed by atoms with Crippen molar-refractivity contribution in [2.24, 2.45) is 0 Å². The summed E-state index contributed by atoms with van der Waals surface area (Å²) in [6.45, 7) is 3.45. The number of halogens is 2. The number of hydrogen-bond donors (Lipinski definition) is 0. The zero-order chi connectivity index (χ0) is 15.5. The molecule has 3 rings (SSSR count). The average Bonchev–Trinajstić information content (AvgIpc) is 2.55. The van der Waals surface area contributed by atoms with Gasteiger partial charge in [0, 0.05) is 37.4 Å². The number of aromatic nitrogens is 1. The maximum atomic E-state index is 8.81. The Balaban J connectivity index is 1.68. The summed E-state index contributed by atoms with van der Waals surface area (Å²) in [7, 11) is 0. The fourth-order valence-corrected chi connectivity index (χ4v) is 3.08. The van der Waals surface area contributed by atoms with Crippen LogP contribution in [0.4, 0.5) is 11.5 Å². The molecule has 0 atom stereocenters. The third-order valence-corrected chi connectivity index (χ3v) is 4.27. The molecule has 0 N–H and O–H groups in total. The van der Waals surface area contributed by atoms with Crippen LogP contribution in [-0.2, 0) is 0 Å². The van der Waals surface area contributed by atoms with Crippen molar-refractivity contribution in [2.45, 2.75) is 0 Å². The van der Waals surface area contributed by atoms with Crippen molar-refractivity contribution < 1.29 is 0 Å². The molecule has 1 saturated heterocycles. The van der Waals surface area contributed by atoms with Gasteiger partial charge in [0.25, 0.3) is 0 Å². The molecule has 1 aliphatic heterocycles. The third kappa shape index (κ3) is 3.11. The Kier molecular flexibility index (Phi) is 4.37. The van der Waals surface area contributed by atoms with Crippen LogP contribution in [0.25, 0.3) is 0 Å². The molecule has 0 amide bonds. The molecule has 2 aromatic rings. The predicted octanol–water partition coefficient (Wildman–Crippen LogP) is 3.59. The van der Waals surface area contributed by atoms with Crippen LogP contribution in [0.1, 0.15) is 5.56 Å². The zero-order valence-electron chi connectivity index (χ0n) is 11.8. The first-order chi connectivity index (χ1) is 10.7. The van der Waals surface area contributed by atoms with Crippen LogP contribution in [-0.4, -0.2) is 31.2 Å². The monoisotopic (exact) mass is 332 g/mol. The standard InChI is InChI=1S/C16H14Cl2N4/c17-13-2-3-15(14(18)9-13)21-5-7-22(8-6-21)16-4-1-12(10-19)11-20-16/h1-4,9,11H,5-8H2. The van der Waals surface area contributed by atoms with Crippen molar-refractivity contribution >= 4 is 34.7 Å². The number of rotatable bonds is 2. The van der Waals surface area contributed by atoms with Gasteiger partial charge in [-0.05, 0) is 30.3 Å². The Morgan fingerprint density at radius 3 is 2.32 bits per heavy atom. The fraction of sp³-hybridized carbons (Fsp3) is 0.250. The van der Waals surface area contributed by atoms with Crippen LogP contribution in [0.15, 0.2) is 36.5 Å². The molecule has 0 bridgehead atoms. The number of benzene rings is 1. The molecule has 0 saturated carbocycles. The first-order valence-corrected chi connectivity index (χ1v) is 7.74. The van der Waals surface area contributed by atoms with E-state index < -0.39 is 0 Å². The van der Waals surface area contributed by atoms with E-state index in [4.69, 9.17) is 28.5 Å². The van der Waals surface area contributed by atoms with Gasteiger partial charge in [-0.2, -0.15) is 5.26 Å². The van der Waals surface area contributed by atoms with E-state index in [0.717, 1.165) is 37.7 Å². The lowest BCUT2D eigenvalue weighted by Gasteiger charge is -2.37. The molecule has 112 valence electrons. The number of nitriles is 1. The highest BCUT2D eigenvalue weighted by Gasteiger charge is 2.19. The molecule has 6 heteroatoms. The van der Waals surface area contributed by atoms with E-state index in [1.165, 1.54) is 0 Å². The minimum atomic E-state index is 0.579. The molecule has 0 unspecified atom stereocenters. The van der Waals surface area contributed by atoms with E-state index in [0.29, 0.717) is 15.6 Å².